The third-order valence-electron chi connectivity index (χ3n) is 6.00. The molecule has 0 saturated heterocycles. The number of hydrogen-bond acceptors (Lipinski definition) is 4. The molecule has 1 saturated carbocycles. The fourth-order valence-electron chi connectivity index (χ4n) is 4.24. The second kappa shape index (κ2) is 31.5. The summed E-state index contributed by atoms with van der Waals surface area (Å²) in [6.45, 7) is 0. The topological polar surface area (TPSA) is 140 Å². The molecule has 176 valence electrons. The molecule has 0 atom stereocenters. The summed E-state index contributed by atoms with van der Waals surface area (Å²) in [7, 11) is 0. The van der Waals surface area contributed by atoms with E-state index in [0.717, 1.165) is 0 Å². The Balaban J connectivity index is -0.000000720. The third kappa shape index (κ3) is 28.1. The maximum Gasteiger partial charge on any atom is -0.0533 e. The maximum absolute atomic E-state index is 1.50. The first-order chi connectivity index (χ1) is 12.0. The summed E-state index contributed by atoms with van der Waals surface area (Å²) in [6.07, 6.45) is 36.0. The van der Waals surface area contributed by atoms with Gasteiger partial charge in [0.2, 0.25) is 0 Å². The maximum atomic E-state index is 1.50. The molecule has 1 rings (SSSR count). The fraction of sp³-hybridized carbons (Fsp3) is 1.00. The van der Waals surface area contributed by atoms with Crippen molar-refractivity contribution in [2.45, 2.75) is 154 Å². The Bertz CT molecular complexity index is 127. The molecule has 0 spiro atoms. The summed E-state index contributed by atoms with van der Waals surface area (Å²) in [5.41, 5.74) is 0. The zero-order valence-electron chi connectivity index (χ0n) is 19.8. The van der Waals surface area contributed by atoms with Gasteiger partial charge in [-0.3, -0.25) is 0 Å². The van der Waals surface area contributed by atoms with Crippen LogP contribution in [0.1, 0.15) is 154 Å². The summed E-state index contributed by atoms with van der Waals surface area (Å²) < 4.78 is 0. The van der Waals surface area contributed by atoms with E-state index in [9.17, 15) is 0 Å². The lowest BCUT2D eigenvalue weighted by molar-refractivity contribution is 0.504. The van der Waals surface area contributed by atoms with Crippen LogP contribution in [0.15, 0.2) is 0 Å². The Morgan fingerprint density at radius 1 is 0.107 bits per heavy atom. The third-order valence-corrected chi connectivity index (χ3v) is 6.00. The summed E-state index contributed by atoms with van der Waals surface area (Å²) in [4.78, 5) is 0. The first-order valence-electron chi connectivity index (χ1n) is 12.0. The molecule has 4 heteroatoms. The molecule has 0 aromatic rings. The molecular weight excluding hydrogens is 344 g/mol. The Morgan fingerprint density at radius 3 is 0.179 bits per heavy atom. The minimum absolute atomic E-state index is 0. The van der Waals surface area contributed by atoms with Gasteiger partial charge in [0.05, 0.1) is 0 Å². The monoisotopic (exact) mass is 404 g/mol. The zero-order chi connectivity index (χ0) is 17.0. The van der Waals surface area contributed by atoms with Crippen LogP contribution in [-0.2, 0) is 0 Å². The van der Waals surface area contributed by atoms with Crippen molar-refractivity contribution >= 4 is 0 Å². The van der Waals surface area contributed by atoms with Gasteiger partial charge in [0.25, 0.3) is 0 Å². The fourth-order valence-corrected chi connectivity index (χ4v) is 4.24. The lowest BCUT2D eigenvalue weighted by Gasteiger charge is -2.05. The van der Waals surface area contributed by atoms with Crippen molar-refractivity contribution in [1.29, 1.82) is 0 Å². The molecule has 0 unspecified atom stereocenters. The van der Waals surface area contributed by atoms with Crippen LogP contribution >= 0.6 is 0 Å². The predicted octanol–water partition coefficient (Wildman–Crippen LogP) is 10.0. The van der Waals surface area contributed by atoms with Gasteiger partial charge < -0.3 is 24.6 Å². The summed E-state index contributed by atoms with van der Waals surface area (Å²) in [6, 6.07) is 0. The van der Waals surface area contributed by atoms with Gasteiger partial charge in [-0.1, -0.05) is 154 Å². The van der Waals surface area contributed by atoms with Gasteiger partial charge in [0.15, 0.2) is 0 Å². The van der Waals surface area contributed by atoms with Crippen LogP contribution in [0.4, 0.5) is 0 Å². The van der Waals surface area contributed by atoms with E-state index in [2.05, 4.69) is 0 Å². The Hall–Kier alpha value is -0.160. The minimum Gasteiger partial charge on any atom is -0.344 e. The van der Waals surface area contributed by atoms with Crippen molar-refractivity contribution < 1.29 is 0 Å². The van der Waals surface area contributed by atoms with Crippen molar-refractivity contribution in [1.82, 2.24) is 24.6 Å². The van der Waals surface area contributed by atoms with E-state index in [4.69, 9.17) is 0 Å². The standard InChI is InChI=1S/C24H48.4H3N/c1-2-4-6-8-10-12-14-16-18-20-22-24-23-21-19-17-15-13-11-9-7-5-3-1;;;;/h1-24H2;4*1H3. The van der Waals surface area contributed by atoms with Gasteiger partial charge in [-0.05, 0) is 0 Å². The normalized spacial score (nSPS) is 20.6. The summed E-state index contributed by atoms with van der Waals surface area (Å²) in [5, 5.41) is 0. The molecule has 0 amide bonds. The molecule has 28 heavy (non-hydrogen) atoms. The summed E-state index contributed by atoms with van der Waals surface area (Å²) >= 11 is 0. The smallest absolute Gasteiger partial charge is 0.0533 e. The zero-order valence-corrected chi connectivity index (χ0v) is 19.8. The first-order valence-corrected chi connectivity index (χ1v) is 12.0. The molecule has 0 radical (unpaired) electrons. The predicted molar refractivity (Wildman–Crippen MR) is 131 cm³/mol. The highest BCUT2D eigenvalue weighted by Gasteiger charge is 1.97. The lowest BCUT2D eigenvalue weighted by atomic mass is 10.0. The van der Waals surface area contributed by atoms with Crippen LogP contribution in [0.2, 0.25) is 0 Å². The molecule has 0 heterocycles. The van der Waals surface area contributed by atoms with Gasteiger partial charge in [0.1, 0.15) is 0 Å². The van der Waals surface area contributed by atoms with E-state index in [1.54, 1.807) is 0 Å². The van der Waals surface area contributed by atoms with Crippen LogP contribution in [0.5, 0.6) is 0 Å². The van der Waals surface area contributed by atoms with E-state index in [0.29, 0.717) is 0 Å². The molecule has 4 nitrogen and oxygen atoms in total. The van der Waals surface area contributed by atoms with Crippen LogP contribution in [0.3, 0.4) is 0 Å². The molecule has 0 aliphatic heterocycles. The summed E-state index contributed by atoms with van der Waals surface area (Å²) in [5.74, 6) is 0. The molecule has 0 aromatic heterocycles. The van der Waals surface area contributed by atoms with Crippen molar-refractivity contribution in [2.24, 2.45) is 0 Å². The van der Waals surface area contributed by atoms with Crippen molar-refractivity contribution in [3.05, 3.63) is 0 Å². The average Bonchev–Trinajstić information content (AvgIpc) is 2.59. The quantitative estimate of drug-likeness (QED) is 0.318. The SMILES string of the molecule is C1CCCCCCCCCCCCCCCCCCCCCCC1.N.N.N.N. The minimum atomic E-state index is 0. The first kappa shape index (κ1) is 35.3. The van der Waals surface area contributed by atoms with Crippen molar-refractivity contribution in [3.63, 3.8) is 0 Å². The van der Waals surface area contributed by atoms with Gasteiger partial charge >= 0.3 is 0 Å². The van der Waals surface area contributed by atoms with E-state index in [1.807, 2.05) is 0 Å². The Labute approximate surface area is 179 Å². The van der Waals surface area contributed by atoms with Crippen LogP contribution < -0.4 is 24.6 Å². The second-order valence-electron chi connectivity index (χ2n) is 8.49. The Kier molecular flexibility index (Phi) is 39.7. The van der Waals surface area contributed by atoms with Gasteiger partial charge in [-0.15, -0.1) is 0 Å². The lowest BCUT2D eigenvalue weighted by Crippen LogP contribution is -1.85. The molecule has 1 aliphatic carbocycles. The number of hydrogen-bond donors (Lipinski definition) is 4. The molecule has 0 bridgehead atoms. The van der Waals surface area contributed by atoms with Crippen LogP contribution in [-0.4, -0.2) is 0 Å². The highest BCUT2D eigenvalue weighted by atomic mass is 14.0. The molecular formula is C24H60N4. The molecule has 12 N–H and O–H groups in total. The van der Waals surface area contributed by atoms with E-state index in [1.165, 1.54) is 154 Å². The van der Waals surface area contributed by atoms with Crippen molar-refractivity contribution in [2.75, 3.05) is 0 Å². The highest BCUT2D eigenvalue weighted by molar-refractivity contribution is 4.52. The highest BCUT2D eigenvalue weighted by Crippen LogP contribution is 2.17. The number of rotatable bonds is 0. The van der Waals surface area contributed by atoms with E-state index in [-0.39, 0.29) is 24.6 Å². The largest absolute Gasteiger partial charge is 0.344 e. The second-order valence-corrected chi connectivity index (χ2v) is 8.49. The van der Waals surface area contributed by atoms with Gasteiger partial charge in [-0.25, -0.2) is 0 Å². The van der Waals surface area contributed by atoms with Crippen LogP contribution in [0, 0.1) is 0 Å². The van der Waals surface area contributed by atoms with Gasteiger partial charge in [-0.2, -0.15) is 0 Å². The van der Waals surface area contributed by atoms with Crippen LogP contribution in [0.25, 0.3) is 0 Å². The average molecular weight is 405 g/mol. The Morgan fingerprint density at radius 2 is 0.143 bits per heavy atom. The molecule has 0 aromatic carbocycles. The van der Waals surface area contributed by atoms with Crippen molar-refractivity contribution in [3.8, 4) is 0 Å². The van der Waals surface area contributed by atoms with E-state index >= 15 is 0 Å². The van der Waals surface area contributed by atoms with Gasteiger partial charge in [0, 0.05) is 0 Å². The van der Waals surface area contributed by atoms with E-state index < -0.39 is 0 Å². The molecule has 1 fully saturated rings. The molecule has 1 aliphatic rings.